The van der Waals surface area contributed by atoms with Gasteiger partial charge in [0, 0.05) is 35.8 Å². The number of amides is 1. The predicted octanol–water partition coefficient (Wildman–Crippen LogP) is 1.05. The van der Waals surface area contributed by atoms with Crippen LogP contribution in [0.2, 0.25) is 0 Å². The van der Waals surface area contributed by atoms with E-state index in [0.29, 0.717) is 12.1 Å². The molecule has 0 radical (unpaired) electrons. The van der Waals surface area contributed by atoms with Gasteiger partial charge in [0.25, 0.3) is 5.91 Å². The van der Waals surface area contributed by atoms with Gasteiger partial charge in [0.05, 0.1) is 11.3 Å². The summed E-state index contributed by atoms with van der Waals surface area (Å²) in [6, 6.07) is 7.60. The van der Waals surface area contributed by atoms with Crippen molar-refractivity contribution < 1.29 is 4.79 Å². The lowest BCUT2D eigenvalue weighted by atomic mass is 9.99. The smallest absolute Gasteiger partial charge is 0.252 e. The van der Waals surface area contributed by atoms with Crippen LogP contribution in [0.1, 0.15) is 5.56 Å². The molecule has 1 aromatic rings. The lowest BCUT2D eigenvalue weighted by molar-refractivity contribution is -0.114. The summed E-state index contributed by atoms with van der Waals surface area (Å²) in [5.41, 5.74) is 7.41. The number of thioether (sulfide) groups is 1. The van der Waals surface area contributed by atoms with Crippen molar-refractivity contribution in [3.05, 3.63) is 41.1 Å². The number of hydrogen-bond donors (Lipinski definition) is 3. The van der Waals surface area contributed by atoms with Crippen LogP contribution in [0.15, 0.2) is 40.4 Å². The molecule has 1 aliphatic heterocycles. The van der Waals surface area contributed by atoms with Gasteiger partial charge in [0.15, 0.2) is 0 Å². The summed E-state index contributed by atoms with van der Waals surface area (Å²) in [5.74, 6) is -0.563. The van der Waals surface area contributed by atoms with Crippen molar-refractivity contribution in [2.75, 3.05) is 32.9 Å². The maximum absolute atomic E-state index is 11.8. The minimum Gasteiger partial charge on any atom is -0.385 e. The Bertz CT molecular complexity index is 597. The highest BCUT2D eigenvalue weighted by molar-refractivity contribution is 7.98. The molecule has 0 saturated carbocycles. The normalized spacial score (nSPS) is 18.0. The summed E-state index contributed by atoms with van der Waals surface area (Å²) in [5, 5.41) is 11.6. The van der Waals surface area contributed by atoms with Crippen molar-refractivity contribution in [3.63, 3.8) is 0 Å². The second-order valence-electron chi connectivity index (χ2n) is 4.99. The minimum absolute atomic E-state index is 0.177. The third-order valence-electron chi connectivity index (χ3n) is 3.42. The molecule has 1 fully saturated rings. The monoisotopic (exact) mass is 304 g/mol. The van der Waals surface area contributed by atoms with E-state index in [2.05, 4.69) is 10.2 Å². The largest absolute Gasteiger partial charge is 0.385 e. The second kappa shape index (κ2) is 6.78. The molecule has 1 amide bonds. The third-order valence-corrected chi connectivity index (χ3v) is 4.14. The molecule has 0 unspecified atom stereocenters. The fraction of sp³-hybridized carbons (Fsp3) is 0.333. The van der Waals surface area contributed by atoms with Crippen LogP contribution in [0.4, 0.5) is 0 Å². The molecule has 0 aliphatic carbocycles. The maximum atomic E-state index is 11.8. The van der Waals surface area contributed by atoms with Gasteiger partial charge in [-0.05, 0) is 25.4 Å². The zero-order chi connectivity index (χ0) is 15.4. The molecular weight excluding hydrogens is 284 g/mol. The SMILES string of the molecule is CSc1cccc(C(=N)/C(C(N)=O)=C2/CN(C)CCN2)c1. The quantitative estimate of drug-likeness (QED) is 0.441. The molecule has 6 heteroatoms. The van der Waals surface area contributed by atoms with Gasteiger partial charge in [0.2, 0.25) is 0 Å². The van der Waals surface area contributed by atoms with Crippen LogP contribution in [0.25, 0.3) is 0 Å². The first kappa shape index (κ1) is 15.6. The van der Waals surface area contributed by atoms with Crippen LogP contribution in [-0.2, 0) is 4.79 Å². The van der Waals surface area contributed by atoms with Crippen LogP contribution >= 0.6 is 11.8 Å². The van der Waals surface area contributed by atoms with Gasteiger partial charge in [-0.3, -0.25) is 15.1 Å². The summed E-state index contributed by atoms with van der Waals surface area (Å²) in [4.78, 5) is 15.0. The van der Waals surface area contributed by atoms with Crippen LogP contribution in [0.3, 0.4) is 0 Å². The molecular formula is C15H20N4OS. The lowest BCUT2D eigenvalue weighted by Crippen LogP contribution is -2.42. The van der Waals surface area contributed by atoms with Gasteiger partial charge >= 0.3 is 0 Å². The Balaban J connectivity index is 2.40. The van der Waals surface area contributed by atoms with Crippen LogP contribution in [0, 0.1) is 5.41 Å². The number of nitrogens with one attached hydrogen (secondary N) is 2. The molecule has 0 aromatic heterocycles. The first-order valence-corrected chi connectivity index (χ1v) is 7.94. The van der Waals surface area contributed by atoms with Crippen molar-refractivity contribution in [3.8, 4) is 0 Å². The third kappa shape index (κ3) is 3.65. The molecule has 2 rings (SSSR count). The van der Waals surface area contributed by atoms with E-state index in [9.17, 15) is 4.79 Å². The number of carbonyl (C=O) groups is 1. The number of piperazine rings is 1. The van der Waals surface area contributed by atoms with Gasteiger partial charge in [-0.25, -0.2) is 0 Å². The fourth-order valence-corrected chi connectivity index (χ4v) is 2.78. The van der Waals surface area contributed by atoms with Gasteiger partial charge < -0.3 is 11.1 Å². The van der Waals surface area contributed by atoms with Crippen molar-refractivity contribution in [1.82, 2.24) is 10.2 Å². The van der Waals surface area contributed by atoms with Crippen LogP contribution in [0.5, 0.6) is 0 Å². The Morgan fingerprint density at radius 1 is 1.48 bits per heavy atom. The summed E-state index contributed by atoms with van der Waals surface area (Å²) in [6.07, 6.45) is 1.98. The van der Waals surface area contributed by atoms with Crippen molar-refractivity contribution in [2.24, 2.45) is 5.73 Å². The molecule has 5 nitrogen and oxygen atoms in total. The number of hydrogen-bond acceptors (Lipinski definition) is 5. The number of carbonyl (C=O) groups excluding carboxylic acids is 1. The Hall–Kier alpha value is -1.79. The Labute approximate surface area is 129 Å². The van der Waals surface area contributed by atoms with E-state index >= 15 is 0 Å². The van der Waals surface area contributed by atoms with E-state index in [1.165, 1.54) is 0 Å². The molecule has 1 saturated heterocycles. The summed E-state index contributed by atoms with van der Waals surface area (Å²) in [7, 11) is 1.98. The number of primary amides is 1. The lowest BCUT2D eigenvalue weighted by Gasteiger charge is -2.28. The Morgan fingerprint density at radius 2 is 2.24 bits per heavy atom. The number of nitrogens with two attached hydrogens (primary N) is 1. The topological polar surface area (TPSA) is 82.2 Å². The molecule has 0 atom stereocenters. The van der Waals surface area contributed by atoms with E-state index in [1.54, 1.807) is 11.8 Å². The highest BCUT2D eigenvalue weighted by atomic mass is 32.2. The van der Waals surface area contributed by atoms with Gasteiger partial charge in [-0.1, -0.05) is 12.1 Å². The highest BCUT2D eigenvalue weighted by Gasteiger charge is 2.22. The van der Waals surface area contributed by atoms with E-state index in [-0.39, 0.29) is 11.3 Å². The minimum atomic E-state index is -0.563. The van der Waals surface area contributed by atoms with Gasteiger partial charge in [-0.2, -0.15) is 0 Å². The molecule has 1 aliphatic rings. The molecule has 1 aromatic carbocycles. The number of rotatable bonds is 4. The molecule has 0 spiro atoms. The highest BCUT2D eigenvalue weighted by Crippen LogP contribution is 2.19. The summed E-state index contributed by atoms with van der Waals surface area (Å²) >= 11 is 1.60. The van der Waals surface area contributed by atoms with Crippen LogP contribution < -0.4 is 11.1 Å². The molecule has 21 heavy (non-hydrogen) atoms. The number of nitrogens with zero attached hydrogens (tertiary/aromatic N) is 1. The zero-order valence-electron chi connectivity index (χ0n) is 12.3. The zero-order valence-corrected chi connectivity index (χ0v) is 13.1. The predicted molar refractivity (Wildman–Crippen MR) is 86.8 cm³/mol. The van der Waals surface area contributed by atoms with Crippen molar-refractivity contribution in [2.45, 2.75) is 4.90 Å². The van der Waals surface area contributed by atoms with E-state index in [4.69, 9.17) is 11.1 Å². The standard InChI is InChI=1S/C15H20N4OS/c1-19-7-6-18-12(9-19)13(15(17)20)14(16)10-4-3-5-11(8-10)21-2/h3-5,8,16,18H,6-7,9H2,1-2H3,(H2,17,20)/b13-12+,16-14?. The first-order chi connectivity index (χ1) is 10.0. The van der Waals surface area contributed by atoms with Gasteiger partial charge in [-0.15, -0.1) is 11.8 Å². The summed E-state index contributed by atoms with van der Waals surface area (Å²) < 4.78 is 0. The van der Waals surface area contributed by atoms with Crippen molar-refractivity contribution >= 4 is 23.4 Å². The molecule has 0 bridgehead atoms. The fourth-order valence-electron chi connectivity index (χ4n) is 2.32. The van der Waals surface area contributed by atoms with E-state index in [1.807, 2.05) is 37.6 Å². The van der Waals surface area contributed by atoms with Crippen LogP contribution in [-0.4, -0.2) is 49.5 Å². The average molecular weight is 304 g/mol. The van der Waals surface area contributed by atoms with Gasteiger partial charge in [0.1, 0.15) is 0 Å². The Morgan fingerprint density at radius 3 is 2.86 bits per heavy atom. The number of likely N-dealkylation sites (N-methyl/N-ethyl adjacent to an activating group) is 1. The molecule has 1 heterocycles. The maximum Gasteiger partial charge on any atom is 0.252 e. The van der Waals surface area contributed by atoms with E-state index in [0.717, 1.165) is 23.7 Å². The summed E-state index contributed by atoms with van der Waals surface area (Å²) in [6.45, 7) is 2.26. The first-order valence-electron chi connectivity index (χ1n) is 6.71. The molecule has 112 valence electrons. The molecule has 4 N–H and O–H groups in total. The Kier molecular flexibility index (Phi) is 5.03. The number of benzene rings is 1. The second-order valence-corrected chi connectivity index (χ2v) is 5.87. The van der Waals surface area contributed by atoms with E-state index < -0.39 is 5.91 Å². The van der Waals surface area contributed by atoms with Crippen molar-refractivity contribution in [1.29, 1.82) is 5.41 Å². The average Bonchev–Trinajstić information content (AvgIpc) is 2.47.